The van der Waals surface area contributed by atoms with Gasteiger partial charge in [0.05, 0.1) is 17.6 Å². The number of aromatic nitrogens is 2. The Morgan fingerprint density at radius 2 is 1.86 bits per heavy atom. The van der Waals surface area contributed by atoms with E-state index in [1.165, 1.54) is 36.5 Å². The second kappa shape index (κ2) is 7.02. The van der Waals surface area contributed by atoms with E-state index in [0.717, 1.165) is 36.5 Å². The van der Waals surface area contributed by atoms with Gasteiger partial charge in [-0.25, -0.2) is 4.98 Å². The van der Waals surface area contributed by atoms with E-state index >= 15 is 0 Å². The molecule has 1 aliphatic rings. The van der Waals surface area contributed by atoms with Crippen molar-refractivity contribution < 1.29 is 0 Å². The van der Waals surface area contributed by atoms with Crippen LogP contribution in [0.1, 0.15) is 17.0 Å². The lowest BCUT2D eigenvalue weighted by Gasteiger charge is -2.34. The molecule has 2 heterocycles. The predicted molar refractivity (Wildman–Crippen MR) is 95.7 cm³/mol. The van der Waals surface area contributed by atoms with Crippen LogP contribution in [-0.2, 0) is 6.54 Å². The molecule has 0 bridgehead atoms. The van der Waals surface area contributed by atoms with Gasteiger partial charge in [-0.1, -0.05) is 6.07 Å². The number of H-pyrrole nitrogens is 1. The van der Waals surface area contributed by atoms with Gasteiger partial charge in [0.15, 0.2) is 0 Å². The third kappa shape index (κ3) is 3.47. The largest absolute Gasteiger partial charge is 0.341 e. The minimum atomic E-state index is 0.934. The highest BCUT2D eigenvalue weighted by molar-refractivity contribution is 7.98. The third-order valence-electron chi connectivity index (χ3n) is 4.68. The van der Waals surface area contributed by atoms with Gasteiger partial charge in [0.1, 0.15) is 5.82 Å². The quantitative estimate of drug-likeness (QED) is 0.919. The van der Waals surface area contributed by atoms with E-state index in [1.807, 2.05) is 11.8 Å². The van der Waals surface area contributed by atoms with Crippen LogP contribution in [0.3, 0.4) is 0 Å². The van der Waals surface area contributed by atoms with Crippen LogP contribution in [-0.4, -0.2) is 64.5 Å². The number of benzene rings is 1. The van der Waals surface area contributed by atoms with Gasteiger partial charge >= 0.3 is 0 Å². The minimum absolute atomic E-state index is 0.934. The van der Waals surface area contributed by atoms with Crippen molar-refractivity contribution in [2.75, 3.05) is 44.7 Å². The Morgan fingerprint density at radius 1 is 1.14 bits per heavy atom. The van der Waals surface area contributed by atoms with Gasteiger partial charge in [-0.2, -0.15) is 11.8 Å². The molecule has 2 aromatic rings. The molecular weight excluding hydrogens is 292 g/mol. The van der Waals surface area contributed by atoms with E-state index in [-0.39, 0.29) is 0 Å². The zero-order valence-electron chi connectivity index (χ0n) is 13.9. The van der Waals surface area contributed by atoms with Gasteiger partial charge in [0, 0.05) is 38.5 Å². The lowest BCUT2D eigenvalue weighted by molar-refractivity contribution is 0.131. The molecule has 0 aliphatic carbocycles. The van der Waals surface area contributed by atoms with Crippen LogP contribution in [0.4, 0.5) is 0 Å². The maximum atomic E-state index is 4.82. The van der Waals surface area contributed by atoms with Crippen molar-refractivity contribution in [3.05, 3.63) is 29.1 Å². The van der Waals surface area contributed by atoms with Crippen LogP contribution < -0.4 is 0 Å². The molecule has 0 radical (unpaired) electrons. The number of fused-ring (bicyclic) bond motifs is 1. The summed E-state index contributed by atoms with van der Waals surface area (Å²) in [4.78, 5) is 13.4. The van der Waals surface area contributed by atoms with Crippen molar-refractivity contribution in [1.29, 1.82) is 0 Å². The highest BCUT2D eigenvalue weighted by atomic mass is 32.2. The van der Waals surface area contributed by atoms with Crippen molar-refractivity contribution in [2.45, 2.75) is 20.4 Å². The second-order valence-corrected chi connectivity index (χ2v) is 7.18. The highest BCUT2D eigenvalue weighted by Crippen LogP contribution is 2.20. The summed E-state index contributed by atoms with van der Waals surface area (Å²) in [6.45, 7) is 11.1. The molecule has 1 aromatic heterocycles. The molecule has 0 atom stereocenters. The summed E-state index contributed by atoms with van der Waals surface area (Å²) in [5, 5.41) is 0. The number of aryl methyl sites for hydroxylation is 2. The molecule has 120 valence electrons. The number of imidazole rings is 1. The average molecular weight is 318 g/mol. The van der Waals surface area contributed by atoms with Crippen LogP contribution in [0.15, 0.2) is 12.1 Å². The summed E-state index contributed by atoms with van der Waals surface area (Å²) in [5.41, 5.74) is 4.90. The number of nitrogens with one attached hydrogen (secondary N) is 1. The van der Waals surface area contributed by atoms with Crippen molar-refractivity contribution in [1.82, 2.24) is 19.8 Å². The first-order valence-electron chi connectivity index (χ1n) is 8.06. The van der Waals surface area contributed by atoms with Gasteiger partial charge in [0.2, 0.25) is 0 Å². The van der Waals surface area contributed by atoms with E-state index in [1.54, 1.807) is 0 Å². The lowest BCUT2D eigenvalue weighted by Crippen LogP contribution is -2.46. The molecule has 0 spiro atoms. The molecule has 0 saturated carbocycles. The lowest BCUT2D eigenvalue weighted by atomic mass is 10.1. The number of aromatic amines is 1. The monoisotopic (exact) mass is 318 g/mol. The Hall–Kier alpha value is -1.04. The first-order valence-corrected chi connectivity index (χ1v) is 9.45. The van der Waals surface area contributed by atoms with Crippen molar-refractivity contribution in [2.24, 2.45) is 0 Å². The molecule has 1 aliphatic heterocycles. The molecule has 5 heteroatoms. The summed E-state index contributed by atoms with van der Waals surface area (Å²) in [6.07, 6.45) is 2.18. The van der Waals surface area contributed by atoms with Crippen LogP contribution in [0.5, 0.6) is 0 Å². The Morgan fingerprint density at radius 3 is 2.59 bits per heavy atom. The van der Waals surface area contributed by atoms with E-state index in [9.17, 15) is 0 Å². The standard InChI is InChI=1S/C17H26N4S/c1-13-4-5-15-17(14(13)2)19-16(18-15)12-21-8-6-20(7-9-21)10-11-22-3/h4-5H,6-12H2,1-3H3,(H,18,19). The van der Waals surface area contributed by atoms with E-state index in [2.05, 4.69) is 47.0 Å². The number of nitrogens with zero attached hydrogens (tertiary/aromatic N) is 3. The maximum absolute atomic E-state index is 4.82. The first kappa shape index (κ1) is 15.8. The number of rotatable bonds is 5. The zero-order chi connectivity index (χ0) is 15.5. The van der Waals surface area contributed by atoms with Gasteiger partial charge < -0.3 is 4.98 Å². The highest BCUT2D eigenvalue weighted by Gasteiger charge is 2.18. The molecule has 1 saturated heterocycles. The molecule has 3 rings (SSSR count). The Balaban J connectivity index is 1.61. The van der Waals surface area contributed by atoms with Crippen molar-refractivity contribution in [3.8, 4) is 0 Å². The number of hydrogen-bond acceptors (Lipinski definition) is 4. The summed E-state index contributed by atoms with van der Waals surface area (Å²) in [5.74, 6) is 2.34. The molecule has 1 fully saturated rings. The van der Waals surface area contributed by atoms with Crippen LogP contribution in [0.2, 0.25) is 0 Å². The fraction of sp³-hybridized carbons (Fsp3) is 0.588. The van der Waals surface area contributed by atoms with Crippen LogP contribution in [0, 0.1) is 13.8 Å². The molecule has 0 amide bonds. The van der Waals surface area contributed by atoms with Crippen LogP contribution in [0.25, 0.3) is 11.0 Å². The van der Waals surface area contributed by atoms with E-state index in [0.29, 0.717) is 0 Å². The Kier molecular flexibility index (Phi) is 5.06. The fourth-order valence-electron chi connectivity index (χ4n) is 3.04. The van der Waals surface area contributed by atoms with Crippen molar-refractivity contribution in [3.63, 3.8) is 0 Å². The van der Waals surface area contributed by atoms with Gasteiger partial charge in [-0.3, -0.25) is 9.80 Å². The zero-order valence-corrected chi connectivity index (χ0v) is 14.7. The summed E-state index contributed by atoms with van der Waals surface area (Å²) in [6, 6.07) is 4.32. The molecule has 1 N–H and O–H groups in total. The fourth-order valence-corrected chi connectivity index (χ4v) is 3.48. The molecule has 22 heavy (non-hydrogen) atoms. The molecular formula is C17H26N4S. The Bertz CT molecular complexity index is 629. The molecule has 1 aromatic carbocycles. The number of thioether (sulfide) groups is 1. The first-order chi connectivity index (χ1) is 10.7. The van der Waals surface area contributed by atoms with E-state index in [4.69, 9.17) is 4.98 Å². The van der Waals surface area contributed by atoms with Crippen molar-refractivity contribution >= 4 is 22.8 Å². The molecule has 0 unspecified atom stereocenters. The smallest absolute Gasteiger partial charge is 0.121 e. The summed E-state index contributed by atoms with van der Waals surface area (Å²) < 4.78 is 0. The number of piperazine rings is 1. The Labute approximate surface area is 137 Å². The van der Waals surface area contributed by atoms with Gasteiger partial charge in [-0.05, 0) is 37.3 Å². The average Bonchev–Trinajstić information content (AvgIpc) is 2.94. The predicted octanol–water partition coefficient (Wildman–Crippen LogP) is 2.66. The number of hydrogen-bond donors (Lipinski definition) is 1. The van der Waals surface area contributed by atoms with Gasteiger partial charge in [-0.15, -0.1) is 0 Å². The summed E-state index contributed by atoms with van der Waals surface area (Å²) >= 11 is 1.93. The van der Waals surface area contributed by atoms with E-state index < -0.39 is 0 Å². The van der Waals surface area contributed by atoms with Crippen LogP contribution >= 0.6 is 11.8 Å². The SMILES string of the molecule is CSCCN1CCN(Cc2nc3c(C)c(C)ccc3[nH]2)CC1. The summed E-state index contributed by atoms with van der Waals surface area (Å²) in [7, 11) is 0. The topological polar surface area (TPSA) is 35.2 Å². The molecule has 4 nitrogen and oxygen atoms in total. The maximum Gasteiger partial charge on any atom is 0.121 e. The normalized spacial score (nSPS) is 17.4. The second-order valence-electron chi connectivity index (χ2n) is 6.20. The third-order valence-corrected chi connectivity index (χ3v) is 5.27. The minimum Gasteiger partial charge on any atom is -0.341 e. The van der Waals surface area contributed by atoms with Gasteiger partial charge in [0.25, 0.3) is 0 Å².